The molecule has 0 aliphatic rings. The summed E-state index contributed by atoms with van der Waals surface area (Å²) in [6.07, 6.45) is 0. The Labute approximate surface area is 118 Å². The van der Waals surface area contributed by atoms with Crippen LogP contribution in [0.4, 0.5) is 8.78 Å². The van der Waals surface area contributed by atoms with Crippen LogP contribution in [0.5, 0.6) is 11.5 Å². The van der Waals surface area contributed by atoms with Crippen LogP contribution in [0.3, 0.4) is 0 Å². The van der Waals surface area contributed by atoms with E-state index < -0.39 is 11.6 Å². The third-order valence-electron chi connectivity index (χ3n) is 2.34. The summed E-state index contributed by atoms with van der Waals surface area (Å²) in [6, 6.07) is 8.04. The topological polar surface area (TPSA) is 35.2 Å². The van der Waals surface area contributed by atoms with Gasteiger partial charge < -0.3 is 10.5 Å². The van der Waals surface area contributed by atoms with Crippen LogP contribution < -0.4 is 10.5 Å². The number of thiocarbonyl (C=S) groups is 1. The SMILES string of the molecule is NC(=S)c1c(F)cccc1Oc1ccc(Cl)c(F)c1. The van der Waals surface area contributed by atoms with E-state index in [0.29, 0.717) is 0 Å². The van der Waals surface area contributed by atoms with Crippen molar-refractivity contribution in [2.75, 3.05) is 0 Å². The van der Waals surface area contributed by atoms with E-state index in [4.69, 9.17) is 34.3 Å². The third-order valence-corrected chi connectivity index (χ3v) is 2.85. The van der Waals surface area contributed by atoms with Crippen molar-refractivity contribution in [1.29, 1.82) is 0 Å². The zero-order valence-corrected chi connectivity index (χ0v) is 11.1. The lowest BCUT2D eigenvalue weighted by Crippen LogP contribution is -2.13. The van der Waals surface area contributed by atoms with Crippen molar-refractivity contribution in [3.63, 3.8) is 0 Å². The first-order valence-electron chi connectivity index (χ1n) is 5.20. The number of nitrogens with two attached hydrogens (primary N) is 1. The lowest BCUT2D eigenvalue weighted by Gasteiger charge is -2.11. The van der Waals surface area contributed by atoms with Crippen molar-refractivity contribution in [1.82, 2.24) is 0 Å². The van der Waals surface area contributed by atoms with Crippen molar-refractivity contribution in [3.05, 3.63) is 58.6 Å². The normalized spacial score (nSPS) is 10.3. The highest BCUT2D eigenvalue weighted by Gasteiger charge is 2.13. The second-order valence-electron chi connectivity index (χ2n) is 3.66. The lowest BCUT2D eigenvalue weighted by atomic mass is 10.2. The minimum absolute atomic E-state index is 0.0205. The molecule has 0 amide bonds. The Morgan fingerprint density at radius 3 is 2.53 bits per heavy atom. The van der Waals surface area contributed by atoms with E-state index in [1.165, 1.54) is 30.3 Å². The van der Waals surface area contributed by atoms with E-state index in [0.717, 1.165) is 6.07 Å². The van der Waals surface area contributed by atoms with Crippen LogP contribution in [0.15, 0.2) is 36.4 Å². The summed E-state index contributed by atoms with van der Waals surface area (Å²) >= 11 is 10.3. The summed E-state index contributed by atoms with van der Waals surface area (Å²) in [5.41, 5.74) is 5.42. The largest absolute Gasteiger partial charge is 0.456 e. The van der Waals surface area contributed by atoms with Crippen molar-refractivity contribution in [3.8, 4) is 11.5 Å². The van der Waals surface area contributed by atoms with Crippen LogP contribution in [-0.4, -0.2) is 4.99 Å². The van der Waals surface area contributed by atoms with Gasteiger partial charge in [-0.1, -0.05) is 29.9 Å². The molecular formula is C13H8ClF2NOS. The molecule has 0 unspecified atom stereocenters. The Kier molecular flexibility index (Phi) is 3.97. The molecule has 0 fully saturated rings. The fraction of sp³-hybridized carbons (Fsp3) is 0. The maximum atomic E-state index is 13.6. The summed E-state index contributed by atoms with van der Waals surface area (Å²) < 4.78 is 32.3. The van der Waals surface area contributed by atoms with Crippen molar-refractivity contribution < 1.29 is 13.5 Å². The van der Waals surface area contributed by atoms with Crippen LogP contribution >= 0.6 is 23.8 Å². The molecule has 0 aliphatic carbocycles. The summed E-state index contributed by atoms with van der Waals surface area (Å²) in [5, 5.41) is -0.0267. The van der Waals surface area contributed by atoms with Gasteiger partial charge in [-0.3, -0.25) is 0 Å². The maximum absolute atomic E-state index is 13.6. The minimum atomic E-state index is -0.632. The average molecular weight is 300 g/mol. The van der Waals surface area contributed by atoms with Crippen molar-refractivity contribution >= 4 is 28.8 Å². The summed E-state index contributed by atoms with van der Waals surface area (Å²) in [4.78, 5) is -0.137. The molecule has 2 rings (SSSR count). The number of halogens is 3. The van der Waals surface area contributed by atoms with E-state index >= 15 is 0 Å². The van der Waals surface area contributed by atoms with Crippen molar-refractivity contribution in [2.45, 2.75) is 0 Å². The van der Waals surface area contributed by atoms with Gasteiger partial charge in [0.2, 0.25) is 0 Å². The second kappa shape index (κ2) is 5.50. The van der Waals surface area contributed by atoms with Crippen LogP contribution in [0, 0.1) is 11.6 Å². The summed E-state index contributed by atoms with van der Waals surface area (Å²) in [6.45, 7) is 0. The van der Waals surface area contributed by atoms with Gasteiger partial charge in [0.1, 0.15) is 28.1 Å². The van der Waals surface area contributed by atoms with Crippen LogP contribution in [0.2, 0.25) is 5.02 Å². The molecule has 2 N–H and O–H groups in total. The van der Waals surface area contributed by atoms with Gasteiger partial charge in [-0.2, -0.15) is 0 Å². The second-order valence-corrected chi connectivity index (χ2v) is 4.50. The standard InChI is InChI=1S/C13H8ClF2NOS/c14-8-5-4-7(6-10(8)16)18-11-3-1-2-9(15)12(11)13(17)19/h1-6H,(H2,17,19). The average Bonchev–Trinajstić information content (AvgIpc) is 2.33. The molecule has 98 valence electrons. The molecule has 2 aromatic carbocycles. The number of ether oxygens (including phenoxy) is 1. The number of hydrogen-bond donors (Lipinski definition) is 1. The van der Waals surface area contributed by atoms with E-state index in [-0.39, 0.29) is 27.1 Å². The molecule has 2 nitrogen and oxygen atoms in total. The maximum Gasteiger partial charge on any atom is 0.145 e. The third kappa shape index (κ3) is 3.00. The lowest BCUT2D eigenvalue weighted by molar-refractivity contribution is 0.470. The minimum Gasteiger partial charge on any atom is -0.456 e. The molecule has 0 saturated carbocycles. The van der Waals surface area contributed by atoms with Crippen molar-refractivity contribution in [2.24, 2.45) is 5.73 Å². The molecule has 0 spiro atoms. The van der Waals surface area contributed by atoms with Crippen LogP contribution in [-0.2, 0) is 0 Å². The van der Waals surface area contributed by atoms with E-state index in [9.17, 15) is 8.78 Å². The number of benzene rings is 2. The molecule has 6 heteroatoms. The monoisotopic (exact) mass is 299 g/mol. The number of hydrogen-bond acceptors (Lipinski definition) is 2. The zero-order chi connectivity index (χ0) is 14.0. The van der Waals surface area contributed by atoms with Gasteiger partial charge >= 0.3 is 0 Å². The highest BCUT2D eigenvalue weighted by atomic mass is 35.5. The molecule has 0 saturated heterocycles. The van der Waals surface area contributed by atoms with Gasteiger partial charge in [-0.15, -0.1) is 0 Å². The zero-order valence-electron chi connectivity index (χ0n) is 9.49. The highest BCUT2D eigenvalue weighted by molar-refractivity contribution is 7.80. The molecular weight excluding hydrogens is 292 g/mol. The molecule has 0 heterocycles. The molecule has 0 aliphatic heterocycles. The van der Waals surface area contributed by atoms with Gasteiger partial charge in [-0.05, 0) is 24.3 Å². The predicted molar refractivity (Wildman–Crippen MR) is 73.8 cm³/mol. The van der Waals surface area contributed by atoms with Crippen LogP contribution in [0.1, 0.15) is 5.56 Å². The first-order chi connectivity index (χ1) is 8.99. The van der Waals surface area contributed by atoms with Gasteiger partial charge in [0.15, 0.2) is 0 Å². The smallest absolute Gasteiger partial charge is 0.145 e. The molecule has 0 radical (unpaired) electrons. The Balaban J connectivity index is 2.40. The molecule has 19 heavy (non-hydrogen) atoms. The Hall–Kier alpha value is -1.72. The van der Waals surface area contributed by atoms with Gasteiger partial charge in [0, 0.05) is 6.07 Å². The molecule has 0 bridgehead atoms. The fourth-order valence-corrected chi connectivity index (χ4v) is 1.81. The van der Waals surface area contributed by atoms with E-state index in [1.807, 2.05) is 0 Å². The Morgan fingerprint density at radius 1 is 1.16 bits per heavy atom. The first-order valence-corrected chi connectivity index (χ1v) is 5.99. The van der Waals surface area contributed by atoms with Crippen LogP contribution in [0.25, 0.3) is 0 Å². The number of rotatable bonds is 3. The van der Waals surface area contributed by atoms with Gasteiger partial charge in [0.25, 0.3) is 0 Å². The predicted octanol–water partition coefficient (Wildman–Crippen LogP) is 4.04. The quantitative estimate of drug-likeness (QED) is 0.869. The summed E-state index contributed by atoms with van der Waals surface area (Å²) in [5.74, 6) is -0.939. The van der Waals surface area contributed by atoms with Gasteiger partial charge in [0.05, 0.1) is 10.6 Å². The van der Waals surface area contributed by atoms with Gasteiger partial charge in [-0.25, -0.2) is 8.78 Å². The van der Waals surface area contributed by atoms with E-state index in [2.05, 4.69) is 0 Å². The Morgan fingerprint density at radius 2 is 1.89 bits per heavy atom. The Bertz CT molecular complexity index is 649. The summed E-state index contributed by atoms with van der Waals surface area (Å²) in [7, 11) is 0. The highest BCUT2D eigenvalue weighted by Crippen LogP contribution is 2.29. The fourth-order valence-electron chi connectivity index (χ4n) is 1.50. The van der Waals surface area contributed by atoms with E-state index in [1.54, 1.807) is 0 Å². The first kappa shape index (κ1) is 13.7. The molecule has 0 atom stereocenters. The molecule has 2 aromatic rings. The molecule has 0 aromatic heterocycles.